The van der Waals surface area contributed by atoms with E-state index in [0.717, 1.165) is 0 Å². The summed E-state index contributed by atoms with van der Waals surface area (Å²) in [4.78, 5) is 22.6. The molecule has 8 heteroatoms. The maximum atomic E-state index is 11.8. The predicted molar refractivity (Wildman–Crippen MR) is 63.9 cm³/mol. The summed E-state index contributed by atoms with van der Waals surface area (Å²) >= 11 is 0. The maximum absolute atomic E-state index is 11.8. The molecule has 1 aromatic rings. The van der Waals surface area contributed by atoms with Gasteiger partial charge in [0.1, 0.15) is 0 Å². The minimum absolute atomic E-state index is 0.212. The van der Waals surface area contributed by atoms with E-state index in [9.17, 15) is 22.8 Å². The molecule has 1 amide bonds. The van der Waals surface area contributed by atoms with Crippen LogP contribution in [0.5, 0.6) is 0 Å². The Morgan fingerprint density at radius 3 is 2.63 bits per heavy atom. The van der Waals surface area contributed by atoms with Gasteiger partial charge < -0.3 is 15.2 Å². The molecule has 0 spiro atoms. The third kappa shape index (κ3) is 5.56. The van der Waals surface area contributed by atoms with Crippen molar-refractivity contribution in [3.63, 3.8) is 0 Å². The van der Waals surface area contributed by atoms with E-state index in [0.29, 0.717) is 12.2 Å². The largest absolute Gasteiger partial charge is 0.401 e. The number of carbonyl (C=O) groups excluding carboxylic acids is 1. The van der Waals surface area contributed by atoms with Gasteiger partial charge in [0, 0.05) is 18.8 Å². The van der Waals surface area contributed by atoms with E-state index < -0.39 is 25.2 Å². The highest BCUT2D eigenvalue weighted by molar-refractivity contribution is 5.92. The Morgan fingerprint density at radius 1 is 1.37 bits per heavy atom. The number of amides is 1. The molecule has 0 aromatic carbocycles. The number of aromatic nitrogens is 1. The molecule has 1 aromatic heterocycles. The van der Waals surface area contributed by atoms with Crippen molar-refractivity contribution in [1.82, 2.24) is 9.88 Å². The molecular formula is C11H14F3N3O2. The second-order valence-corrected chi connectivity index (χ2v) is 3.81. The Labute approximate surface area is 107 Å². The Balaban J connectivity index is 2.51. The number of aryl methyl sites for hydroxylation is 1. The van der Waals surface area contributed by atoms with Gasteiger partial charge in [-0.05, 0) is 13.0 Å². The molecule has 0 saturated heterocycles. The SMILES string of the molecule is CCn1cc(NC(=O)CNCC(F)(F)F)ccc1=O. The summed E-state index contributed by atoms with van der Waals surface area (Å²) in [6.45, 7) is 0.520. The lowest BCUT2D eigenvalue weighted by Crippen LogP contribution is -2.35. The monoisotopic (exact) mass is 277 g/mol. The fourth-order valence-electron chi connectivity index (χ4n) is 1.38. The van der Waals surface area contributed by atoms with E-state index in [1.54, 1.807) is 6.92 Å². The van der Waals surface area contributed by atoms with Crippen molar-refractivity contribution in [1.29, 1.82) is 0 Å². The summed E-state index contributed by atoms with van der Waals surface area (Å²) in [5, 5.41) is 4.38. The van der Waals surface area contributed by atoms with Gasteiger partial charge >= 0.3 is 6.18 Å². The third-order valence-electron chi connectivity index (χ3n) is 2.22. The zero-order chi connectivity index (χ0) is 14.5. The fourth-order valence-corrected chi connectivity index (χ4v) is 1.38. The van der Waals surface area contributed by atoms with Gasteiger partial charge in [0.2, 0.25) is 5.91 Å². The first kappa shape index (κ1) is 15.2. The van der Waals surface area contributed by atoms with Gasteiger partial charge in [-0.2, -0.15) is 13.2 Å². The molecule has 19 heavy (non-hydrogen) atoms. The van der Waals surface area contributed by atoms with E-state index >= 15 is 0 Å². The molecule has 106 valence electrons. The number of anilines is 1. The lowest BCUT2D eigenvalue weighted by atomic mass is 10.4. The Hall–Kier alpha value is -1.83. The normalized spacial score (nSPS) is 11.4. The lowest BCUT2D eigenvalue weighted by Gasteiger charge is -2.10. The molecule has 0 aliphatic rings. The van der Waals surface area contributed by atoms with Crippen LogP contribution in [0.2, 0.25) is 0 Å². The van der Waals surface area contributed by atoms with E-state index in [4.69, 9.17) is 0 Å². The summed E-state index contributed by atoms with van der Waals surface area (Å²) in [6, 6.07) is 2.68. The van der Waals surface area contributed by atoms with Crippen molar-refractivity contribution in [3.8, 4) is 0 Å². The number of hydrogen-bond donors (Lipinski definition) is 2. The molecule has 1 rings (SSSR count). The highest BCUT2D eigenvalue weighted by Crippen LogP contribution is 2.11. The summed E-state index contributed by atoms with van der Waals surface area (Å²) < 4.78 is 36.9. The zero-order valence-electron chi connectivity index (χ0n) is 10.3. The number of halogens is 3. The molecule has 0 aliphatic heterocycles. The van der Waals surface area contributed by atoms with Crippen LogP contribution < -0.4 is 16.2 Å². The number of alkyl halides is 3. The molecule has 1 heterocycles. The van der Waals surface area contributed by atoms with E-state index in [-0.39, 0.29) is 5.56 Å². The van der Waals surface area contributed by atoms with Crippen molar-refractivity contribution >= 4 is 11.6 Å². The Bertz CT molecular complexity index is 497. The van der Waals surface area contributed by atoms with E-state index in [1.807, 2.05) is 5.32 Å². The second-order valence-electron chi connectivity index (χ2n) is 3.81. The first-order valence-corrected chi connectivity index (χ1v) is 5.59. The number of nitrogens with zero attached hydrogens (tertiary/aromatic N) is 1. The third-order valence-corrected chi connectivity index (χ3v) is 2.22. The summed E-state index contributed by atoms with van der Waals surface area (Å²) in [5.74, 6) is -0.606. The van der Waals surface area contributed by atoms with Crippen molar-refractivity contribution in [2.75, 3.05) is 18.4 Å². The van der Waals surface area contributed by atoms with Crippen LogP contribution in [-0.4, -0.2) is 29.7 Å². The molecule has 0 radical (unpaired) electrons. The van der Waals surface area contributed by atoms with Crippen LogP contribution >= 0.6 is 0 Å². The van der Waals surface area contributed by atoms with Crippen LogP contribution in [0, 0.1) is 0 Å². The molecule has 0 aliphatic carbocycles. The van der Waals surface area contributed by atoms with Crippen LogP contribution in [0.1, 0.15) is 6.92 Å². The van der Waals surface area contributed by atoms with Crippen molar-refractivity contribution < 1.29 is 18.0 Å². The average molecular weight is 277 g/mol. The Morgan fingerprint density at radius 2 is 2.05 bits per heavy atom. The molecule has 2 N–H and O–H groups in total. The van der Waals surface area contributed by atoms with Gasteiger partial charge in [-0.1, -0.05) is 0 Å². The minimum Gasteiger partial charge on any atom is -0.324 e. The molecule has 0 fully saturated rings. The molecule has 5 nitrogen and oxygen atoms in total. The summed E-state index contributed by atoms with van der Waals surface area (Å²) in [6.07, 6.45) is -2.92. The molecule has 0 bridgehead atoms. The van der Waals surface area contributed by atoms with Crippen LogP contribution in [0.4, 0.5) is 18.9 Å². The molecule has 0 saturated carbocycles. The van der Waals surface area contributed by atoms with Crippen LogP contribution in [0.15, 0.2) is 23.1 Å². The summed E-state index contributed by atoms with van der Waals surface area (Å²) in [5.41, 5.74) is 0.149. The number of hydrogen-bond acceptors (Lipinski definition) is 3. The zero-order valence-corrected chi connectivity index (χ0v) is 10.3. The van der Waals surface area contributed by atoms with E-state index in [2.05, 4.69) is 5.32 Å². The van der Waals surface area contributed by atoms with Crippen molar-refractivity contribution in [2.45, 2.75) is 19.6 Å². The maximum Gasteiger partial charge on any atom is 0.401 e. The topological polar surface area (TPSA) is 63.1 Å². The minimum atomic E-state index is -4.35. The number of nitrogens with one attached hydrogen (secondary N) is 2. The number of pyridine rings is 1. The Kier molecular flexibility index (Phi) is 5.11. The van der Waals surface area contributed by atoms with Gasteiger partial charge in [0.15, 0.2) is 0 Å². The number of carbonyl (C=O) groups is 1. The van der Waals surface area contributed by atoms with Gasteiger partial charge in [-0.15, -0.1) is 0 Å². The summed E-state index contributed by atoms with van der Waals surface area (Å²) in [7, 11) is 0. The van der Waals surface area contributed by atoms with Crippen LogP contribution in [0.25, 0.3) is 0 Å². The quantitative estimate of drug-likeness (QED) is 0.842. The molecule has 0 unspecified atom stereocenters. The van der Waals surface area contributed by atoms with E-state index in [1.165, 1.54) is 22.9 Å². The fraction of sp³-hybridized carbons (Fsp3) is 0.455. The standard InChI is InChI=1S/C11H14F3N3O2/c1-2-17-6-8(3-4-10(17)19)16-9(18)5-15-7-11(12,13)14/h3-4,6,15H,2,5,7H2,1H3,(H,16,18). The van der Waals surface area contributed by atoms with Gasteiger partial charge in [0.05, 0.1) is 18.8 Å². The van der Waals surface area contributed by atoms with Gasteiger partial charge in [-0.25, -0.2) is 0 Å². The smallest absolute Gasteiger partial charge is 0.324 e. The van der Waals surface area contributed by atoms with Crippen molar-refractivity contribution in [2.24, 2.45) is 0 Å². The first-order chi connectivity index (χ1) is 8.81. The van der Waals surface area contributed by atoms with Crippen molar-refractivity contribution in [3.05, 3.63) is 28.7 Å². The average Bonchev–Trinajstić information content (AvgIpc) is 2.30. The van der Waals surface area contributed by atoms with Gasteiger partial charge in [-0.3, -0.25) is 9.59 Å². The molecule has 0 atom stereocenters. The van der Waals surface area contributed by atoms with Crippen LogP contribution in [-0.2, 0) is 11.3 Å². The molecular weight excluding hydrogens is 263 g/mol. The highest BCUT2D eigenvalue weighted by atomic mass is 19.4. The second kappa shape index (κ2) is 6.37. The first-order valence-electron chi connectivity index (χ1n) is 5.59. The van der Waals surface area contributed by atoms with Gasteiger partial charge in [0.25, 0.3) is 5.56 Å². The number of rotatable bonds is 5. The highest BCUT2D eigenvalue weighted by Gasteiger charge is 2.26. The predicted octanol–water partition coefficient (Wildman–Crippen LogP) is 0.959. The lowest BCUT2D eigenvalue weighted by molar-refractivity contribution is -0.126. The van der Waals surface area contributed by atoms with Crippen LogP contribution in [0.3, 0.4) is 0 Å².